The van der Waals surface area contributed by atoms with Gasteiger partial charge in [-0.2, -0.15) is 13.2 Å². The van der Waals surface area contributed by atoms with Crippen LogP contribution in [0.15, 0.2) is 0 Å². The first kappa shape index (κ1) is 16.5. The summed E-state index contributed by atoms with van der Waals surface area (Å²) in [6.45, 7) is -0.0243. The largest absolute Gasteiger partial charge is 0.480 e. The minimum Gasteiger partial charge on any atom is -0.480 e. The van der Waals surface area contributed by atoms with Gasteiger partial charge in [0.05, 0.1) is 6.61 Å². The van der Waals surface area contributed by atoms with Crippen molar-refractivity contribution in [2.24, 2.45) is 0 Å². The lowest BCUT2D eigenvalue weighted by atomic mass is 10.00. The van der Waals surface area contributed by atoms with E-state index in [0.29, 0.717) is 19.4 Å². The van der Waals surface area contributed by atoms with Crippen molar-refractivity contribution in [2.75, 3.05) is 26.3 Å². The second-order valence-corrected chi connectivity index (χ2v) is 4.73. The van der Waals surface area contributed by atoms with Crippen LogP contribution in [0.2, 0.25) is 0 Å². The summed E-state index contributed by atoms with van der Waals surface area (Å²) in [6.07, 6.45) is -3.48. The fraction of sp³-hybridized carbons (Fsp3) is 0.818. The molecular formula is C11H17F3N2O4. The third-order valence-corrected chi connectivity index (χ3v) is 3.14. The van der Waals surface area contributed by atoms with Gasteiger partial charge in [0.25, 0.3) is 0 Å². The molecule has 0 aromatic carbocycles. The summed E-state index contributed by atoms with van der Waals surface area (Å²) in [5, 5.41) is 11.5. The molecule has 116 valence electrons. The number of hydrogen-bond acceptors (Lipinski definition) is 3. The van der Waals surface area contributed by atoms with Crippen LogP contribution in [0, 0.1) is 0 Å². The summed E-state index contributed by atoms with van der Waals surface area (Å²) in [5.41, 5.74) is -1.27. The van der Waals surface area contributed by atoms with Gasteiger partial charge < -0.3 is 20.1 Å². The second kappa shape index (κ2) is 6.29. The number of alkyl halides is 3. The van der Waals surface area contributed by atoms with E-state index < -0.39 is 30.3 Å². The van der Waals surface area contributed by atoms with Crippen molar-refractivity contribution >= 4 is 12.0 Å². The summed E-state index contributed by atoms with van der Waals surface area (Å²) in [4.78, 5) is 24.1. The summed E-state index contributed by atoms with van der Waals surface area (Å²) < 4.78 is 39.7. The van der Waals surface area contributed by atoms with Gasteiger partial charge in [0.15, 0.2) is 0 Å². The molecule has 1 saturated heterocycles. The zero-order valence-electron chi connectivity index (χ0n) is 11.0. The standard InChI is InChI=1S/C11H17F3N2O4/c1-10(8(17)18)3-2-5-16(10)9(19)15-4-6-20-7-11(12,13)14/h2-7H2,1H3,(H,15,19)(H,17,18). The number of halogens is 3. The maximum absolute atomic E-state index is 11.8. The Morgan fingerprint density at radius 1 is 1.45 bits per heavy atom. The Hall–Kier alpha value is -1.51. The quantitative estimate of drug-likeness (QED) is 0.748. The van der Waals surface area contributed by atoms with Crippen molar-refractivity contribution in [1.82, 2.24) is 10.2 Å². The fourth-order valence-electron chi connectivity index (χ4n) is 2.02. The van der Waals surface area contributed by atoms with E-state index >= 15 is 0 Å². The predicted molar refractivity (Wildman–Crippen MR) is 62.3 cm³/mol. The third-order valence-electron chi connectivity index (χ3n) is 3.14. The lowest BCUT2D eigenvalue weighted by Crippen LogP contribution is -2.54. The molecule has 0 radical (unpaired) electrons. The molecule has 20 heavy (non-hydrogen) atoms. The average Bonchev–Trinajstić information content (AvgIpc) is 2.70. The number of rotatable bonds is 5. The van der Waals surface area contributed by atoms with E-state index in [-0.39, 0.29) is 13.2 Å². The van der Waals surface area contributed by atoms with E-state index in [1.807, 2.05) is 0 Å². The van der Waals surface area contributed by atoms with Crippen LogP contribution in [0.4, 0.5) is 18.0 Å². The zero-order valence-corrected chi connectivity index (χ0v) is 11.0. The molecule has 6 nitrogen and oxygen atoms in total. The number of amides is 2. The molecule has 1 fully saturated rings. The Labute approximate surface area is 113 Å². The molecule has 0 aromatic heterocycles. The fourth-order valence-corrected chi connectivity index (χ4v) is 2.02. The van der Waals surface area contributed by atoms with Crippen LogP contribution in [-0.2, 0) is 9.53 Å². The lowest BCUT2D eigenvalue weighted by Gasteiger charge is -2.31. The number of carbonyl (C=O) groups excluding carboxylic acids is 1. The first-order chi connectivity index (χ1) is 9.17. The molecule has 2 N–H and O–H groups in total. The molecule has 1 unspecified atom stereocenters. The highest BCUT2D eigenvalue weighted by atomic mass is 19.4. The van der Waals surface area contributed by atoms with Crippen LogP contribution >= 0.6 is 0 Å². The highest BCUT2D eigenvalue weighted by molar-refractivity contribution is 5.86. The average molecular weight is 298 g/mol. The maximum Gasteiger partial charge on any atom is 0.411 e. The number of carboxylic acids is 1. The van der Waals surface area contributed by atoms with Gasteiger partial charge in [-0.05, 0) is 19.8 Å². The van der Waals surface area contributed by atoms with Gasteiger partial charge in [0.2, 0.25) is 0 Å². The summed E-state index contributed by atoms with van der Waals surface area (Å²) in [6, 6.07) is -0.608. The number of hydrogen-bond donors (Lipinski definition) is 2. The second-order valence-electron chi connectivity index (χ2n) is 4.73. The van der Waals surface area contributed by atoms with E-state index in [1.54, 1.807) is 0 Å². The van der Waals surface area contributed by atoms with Crippen LogP contribution in [0.5, 0.6) is 0 Å². The zero-order chi connectivity index (χ0) is 15.4. The van der Waals surface area contributed by atoms with E-state index in [9.17, 15) is 22.8 Å². The van der Waals surface area contributed by atoms with Crippen LogP contribution in [0.3, 0.4) is 0 Å². The maximum atomic E-state index is 11.8. The first-order valence-electron chi connectivity index (χ1n) is 6.10. The predicted octanol–water partition coefficient (Wildman–Crippen LogP) is 1.21. The lowest BCUT2D eigenvalue weighted by molar-refractivity contribution is -0.173. The van der Waals surface area contributed by atoms with Gasteiger partial charge in [-0.3, -0.25) is 0 Å². The normalized spacial score (nSPS) is 22.9. The van der Waals surface area contributed by atoms with Gasteiger partial charge in [-0.1, -0.05) is 0 Å². The topological polar surface area (TPSA) is 78.9 Å². The molecule has 0 aliphatic carbocycles. The van der Waals surface area contributed by atoms with Gasteiger partial charge in [-0.15, -0.1) is 0 Å². The molecular weight excluding hydrogens is 281 g/mol. The monoisotopic (exact) mass is 298 g/mol. The molecule has 1 aliphatic rings. The molecule has 1 heterocycles. The molecule has 9 heteroatoms. The number of urea groups is 1. The van der Waals surface area contributed by atoms with Crippen LogP contribution in [0.25, 0.3) is 0 Å². The molecule has 0 aromatic rings. The van der Waals surface area contributed by atoms with Crippen molar-refractivity contribution < 1.29 is 32.6 Å². The Morgan fingerprint density at radius 2 is 2.10 bits per heavy atom. The number of ether oxygens (including phenoxy) is 1. The Balaban J connectivity index is 2.34. The molecule has 1 atom stereocenters. The SMILES string of the molecule is CC1(C(=O)O)CCCN1C(=O)NCCOCC(F)(F)F. The van der Waals surface area contributed by atoms with E-state index in [4.69, 9.17) is 5.11 Å². The molecule has 0 bridgehead atoms. The number of likely N-dealkylation sites (tertiary alicyclic amines) is 1. The number of nitrogens with one attached hydrogen (secondary N) is 1. The minimum atomic E-state index is -4.40. The highest BCUT2D eigenvalue weighted by Crippen LogP contribution is 2.29. The van der Waals surface area contributed by atoms with Gasteiger partial charge >= 0.3 is 18.2 Å². The smallest absolute Gasteiger partial charge is 0.411 e. The molecule has 0 saturated carbocycles. The number of carboxylic acid groups (broad SMARTS) is 1. The van der Waals surface area contributed by atoms with Crippen molar-refractivity contribution in [3.63, 3.8) is 0 Å². The Kier molecular flexibility index (Phi) is 5.21. The summed E-state index contributed by atoms with van der Waals surface area (Å²) >= 11 is 0. The third kappa shape index (κ3) is 4.26. The number of aliphatic carboxylic acids is 1. The van der Waals surface area contributed by atoms with Crippen LogP contribution < -0.4 is 5.32 Å². The first-order valence-corrected chi connectivity index (χ1v) is 6.10. The number of nitrogens with zero attached hydrogens (tertiary/aromatic N) is 1. The van der Waals surface area contributed by atoms with Crippen molar-refractivity contribution in [3.05, 3.63) is 0 Å². The van der Waals surface area contributed by atoms with Crippen molar-refractivity contribution in [1.29, 1.82) is 0 Å². The van der Waals surface area contributed by atoms with Crippen LogP contribution in [-0.4, -0.2) is 60.0 Å². The van der Waals surface area contributed by atoms with E-state index in [0.717, 1.165) is 0 Å². The molecule has 2 amide bonds. The summed E-state index contributed by atoms with van der Waals surface area (Å²) in [7, 11) is 0. The van der Waals surface area contributed by atoms with Gasteiger partial charge in [-0.25, -0.2) is 9.59 Å². The van der Waals surface area contributed by atoms with Gasteiger partial charge in [0.1, 0.15) is 12.1 Å². The molecule has 1 aliphatic heterocycles. The Morgan fingerprint density at radius 3 is 2.65 bits per heavy atom. The molecule has 0 spiro atoms. The van der Waals surface area contributed by atoms with Crippen LogP contribution in [0.1, 0.15) is 19.8 Å². The van der Waals surface area contributed by atoms with Crippen molar-refractivity contribution in [2.45, 2.75) is 31.5 Å². The van der Waals surface area contributed by atoms with Crippen molar-refractivity contribution in [3.8, 4) is 0 Å². The highest BCUT2D eigenvalue weighted by Gasteiger charge is 2.45. The van der Waals surface area contributed by atoms with E-state index in [2.05, 4.69) is 10.1 Å². The van der Waals surface area contributed by atoms with E-state index in [1.165, 1.54) is 11.8 Å². The van der Waals surface area contributed by atoms with Gasteiger partial charge in [0, 0.05) is 13.1 Å². The summed E-state index contributed by atoms with van der Waals surface area (Å²) in [5.74, 6) is -1.10. The Bertz CT molecular complexity index is 375. The minimum absolute atomic E-state index is 0.110. The molecule has 1 rings (SSSR count). The number of carbonyl (C=O) groups is 2.